The van der Waals surface area contributed by atoms with Gasteiger partial charge >= 0.3 is 0 Å². The molecule has 23 heavy (non-hydrogen) atoms. The molecule has 1 amide bonds. The molecule has 1 fully saturated rings. The number of amides is 1. The molecule has 0 radical (unpaired) electrons. The molecule has 0 bridgehead atoms. The van der Waals surface area contributed by atoms with Gasteiger partial charge in [0.05, 0.1) is 20.0 Å². The van der Waals surface area contributed by atoms with Gasteiger partial charge in [-0.25, -0.2) is 0 Å². The Morgan fingerprint density at radius 2 is 1.96 bits per heavy atom. The van der Waals surface area contributed by atoms with Crippen LogP contribution in [0.25, 0.3) is 0 Å². The minimum absolute atomic E-state index is 0. The standard InChI is InChI=1S/C16H24N2O3S.ClH/c1-17(2)8-5-9-18-15(19)11-22-16(18)12-6-7-13(20-3)14(10-12)21-4;/h6-7,10,16H,5,8-9,11H2,1-4H3;1H. The average molecular weight is 361 g/mol. The van der Waals surface area contributed by atoms with Crippen molar-refractivity contribution < 1.29 is 14.3 Å². The summed E-state index contributed by atoms with van der Waals surface area (Å²) in [5.41, 5.74) is 1.08. The fourth-order valence-electron chi connectivity index (χ4n) is 2.54. The van der Waals surface area contributed by atoms with Crippen LogP contribution in [-0.4, -0.2) is 62.9 Å². The lowest BCUT2D eigenvalue weighted by atomic mass is 10.1. The molecule has 1 heterocycles. The summed E-state index contributed by atoms with van der Waals surface area (Å²) in [6.45, 7) is 1.76. The Kier molecular flexibility index (Phi) is 8.02. The molecule has 0 saturated carbocycles. The van der Waals surface area contributed by atoms with Crippen molar-refractivity contribution in [1.29, 1.82) is 0 Å². The van der Waals surface area contributed by atoms with Gasteiger partial charge in [-0.05, 0) is 44.8 Å². The molecule has 0 spiro atoms. The Balaban J connectivity index is 0.00000264. The van der Waals surface area contributed by atoms with Crippen LogP contribution >= 0.6 is 24.2 Å². The third-order valence-corrected chi connectivity index (χ3v) is 4.92. The number of hydrogen-bond acceptors (Lipinski definition) is 5. The van der Waals surface area contributed by atoms with Gasteiger partial charge in [-0.15, -0.1) is 24.2 Å². The first-order chi connectivity index (χ1) is 10.6. The number of ether oxygens (including phenoxy) is 2. The lowest BCUT2D eigenvalue weighted by molar-refractivity contribution is -0.128. The highest BCUT2D eigenvalue weighted by Crippen LogP contribution is 2.41. The van der Waals surface area contributed by atoms with Crippen LogP contribution in [0.2, 0.25) is 0 Å². The summed E-state index contributed by atoms with van der Waals surface area (Å²) < 4.78 is 10.6. The van der Waals surface area contributed by atoms with Crippen molar-refractivity contribution in [3.63, 3.8) is 0 Å². The Morgan fingerprint density at radius 3 is 2.57 bits per heavy atom. The van der Waals surface area contributed by atoms with Gasteiger partial charge in [-0.2, -0.15) is 0 Å². The van der Waals surface area contributed by atoms with E-state index >= 15 is 0 Å². The largest absolute Gasteiger partial charge is 0.493 e. The van der Waals surface area contributed by atoms with E-state index in [2.05, 4.69) is 4.90 Å². The molecule has 7 heteroatoms. The highest BCUT2D eigenvalue weighted by Gasteiger charge is 2.32. The van der Waals surface area contributed by atoms with Crippen molar-refractivity contribution in [3.8, 4) is 11.5 Å². The van der Waals surface area contributed by atoms with Gasteiger partial charge in [-0.3, -0.25) is 4.79 Å². The lowest BCUT2D eigenvalue weighted by Gasteiger charge is -2.25. The Bertz CT molecular complexity index is 528. The third-order valence-electron chi connectivity index (χ3n) is 3.67. The summed E-state index contributed by atoms with van der Waals surface area (Å²) in [5, 5.41) is 0.0643. The second kappa shape index (κ2) is 9.25. The second-order valence-electron chi connectivity index (χ2n) is 5.52. The number of rotatable bonds is 7. The van der Waals surface area contributed by atoms with E-state index in [4.69, 9.17) is 9.47 Å². The van der Waals surface area contributed by atoms with Crippen molar-refractivity contribution in [2.75, 3.05) is 47.2 Å². The van der Waals surface area contributed by atoms with Gasteiger partial charge in [-0.1, -0.05) is 6.07 Å². The number of methoxy groups -OCH3 is 2. The summed E-state index contributed by atoms with van der Waals surface area (Å²) >= 11 is 1.67. The van der Waals surface area contributed by atoms with Crippen molar-refractivity contribution in [2.45, 2.75) is 11.8 Å². The van der Waals surface area contributed by atoms with Crippen LogP contribution in [0.4, 0.5) is 0 Å². The lowest BCUT2D eigenvalue weighted by Crippen LogP contribution is -2.31. The predicted octanol–water partition coefficient (Wildman–Crippen LogP) is 2.65. The van der Waals surface area contributed by atoms with Crippen LogP contribution < -0.4 is 9.47 Å². The van der Waals surface area contributed by atoms with E-state index in [0.29, 0.717) is 17.3 Å². The zero-order chi connectivity index (χ0) is 16.1. The van der Waals surface area contributed by atoms with Crippen LogP contribution in [0.15, 0.2) is 18.2 Å². The van der Waals surface area contributed by atoms with Crippen molar-refractivity contribution >= 4 is 30.1 Å². The van der Waals surface area contributed by atoms with Crippen molar-refractivity contribution in [3.05, 3.63) is 23.8 Å². The molecule has 130 valence electrons. The Labute approximate surface area is 148 Å². The molecular formula is C16H25ClN2O3S. The van der Waals surface area contributed by atoms with Crippen LogP contribution in [0.1, 0.15) is 17.4 Å². The molecule has 0 aromatic heterocycles. The smallest absolute Gasteiger partial charge is 0.233 e. The molecule has 1 aromatic rings. The number of hydrogen-bond donors (Lipinski definition) is 0. The summed E-state index contributed by atoms with van der Waals surface area (Å²) in [4.78, 5) is 16.3. The summed E-state index contributed by atoms with van der Waals surface area (Å²) in [6, 6.07) is 5.88. The minimum Gasteiger partial charge on any atom is -0.493 e. The fraction of sp³-hybridized carbons (Fsp3) is 0.562. The van der Waals surface area contributed by atoms with Gasteiger partial charge in [0.25, 0.3) is 0 Å². The first kappa shape index (κ1) is 19.9. The maximum Gasteiger partial charge on any atom is 0.233 e. The maximum atomic E-state index is 12.1. The Morgan fingerprint density at radius 1 is 1.26 bits per heavy atom. The molecule has 1 atom stereocenters. The minimum atomic E-state index is 0. The quantitative estimate of drug-likeness (QED) is 0.747. The summed E-state index contributed by atoms with van der Waals surface area (Å²) in [6.07, 6.45) is 0.975. The van der Waals surface area contributed by atoms with E-state index in [0.717, 1.165) is 25.1 Å². The Hall–Kier alpha value is -1.11. The summed E-state index contributed by atoms with van der Waals surface area (Å²) in [5.74, 6) is 2.16. The normalized spacial score (nSPS) is 17.3. The maximum absolute atomic E-state index is 12.1. The zero-order valence-electron chi connectivity index (χ0n) is 14.1. The number of halogens is 1. The van der Waals surface area contributed by atoms with Crippen LogP contribution in [0.3, 0.4) is 0 Å². The zero-order valence-corrected chi connectivity index (χ0v) is 15.7. The van der Waals surface area contributed by atoms with Gasteiger partial charge < -0.3 is 19.3 Å². The number of carbonyl (C=O) groups is 1. The van der Waals surface area contributed by atoms with Crippen molar-refractivity contribution in [1.82, 2.24) is 9.80 Å². The molecule has 5 nitrogen and oxygen atoms in total. The molecule has 1 aliphatic heterocycles. The van der Waals surface area contributed by atoms with E-state index < -0.39 is 0 Å². The van der Waals surface area contributed by atoms with E-state index in [1.807, 2.05) is 37.2 Å². The predicted molar refractivity (Wildman–Crippen MR) is 96.9 cm³/mol. The number of nitrogens with zero attached hydrogens (tertiary/aromatic N) is 2. The van der Waals surface area contributed by atoms with Crippen LogP contribution in [0.5, 0.6) is 11.5 Å². The van der Waals surface area contributed by atoms with Gasteiger partial charge in [0.2, 0.25) is 5.91 Å². The molecule has 1 saturated heterocycles. The molecule has 1 aromatic carbocycles. The highest BCUT2D eigenvalue weighted by atomic mass is 35.5. The fourth-order valence-corrected chi connectivity index (χ4v) is 3.74. The van der Waals surface area contributed by atoms with Crippen LogP contribution in [0, 0.1) is 0 Å². The van der Waals surface area contributed by atoms with E-state index in [1.165, 1.54) is 0 Å². The average Bonchev–Trinajstić information content (AvgIpc) is 2.87. The highest BCUT2D eigenvalue weighted by molar-refractivity contribution is 8.00. The first-order valence-corrected chi connectivity index (χ1v) is 8.39. The monoisotopic (exact) mass is 360 g/mol. The van der Waals surface area contributed by atoms with Crippen molar-refractivity contribution in [2.24, 2.45) is 0 Å². The first-order valence-electron chi connectivity index (χ1n) is 7.34. The molecule has 1 unspecified atom stereocenters. The topological polar surface area (TPSA) is 42.0 Å². The number of thioether (sulfide) groups is 1. The molecule has 1 aliphatic rings. The second-order valence-corrected chi connectivity index (χ2v) is 6.59. The summed E-state index contributed by atoms with van der Waals surface area (Å²) in [7, 11) is 7.35. The van der Waals surface area contributed by atoms with E-state index in [1.54, 1.807) is 26.0 Å². The van der Waals surface area contributed by atoms with Gasteiger partial charge in [0.1, 0.15) is 5.37 Å². The van der Waals surface area contributed by atoms with E-state index in [-0.39, 0.29) is 23.7 Å². The van der Waals surface area contributed by atoms with E-state index in [9.17, 15) is 4.79 Å². The third kappa shape index (κ3) is 4.93. The molecule has 0 N–H and O–H groups in total. The number of benzene rings is 1. The van der Waals surface area contributed by atoms with Gasteiger partial charge in [0.15, 0.2) is 11.5 Å². The number of carbonyl (C=O) groups excluding carboxylic acids is 1. The van der Waals surface area contributed by atoms with Crippen LogP contribution in [-0.2, 0) is 4.79 Å². The SMILES string of the molecule is COc1ccc(C2SCC(=O)N2CCCN(C)C)cc1OC.Cl. The molecular weight excluding hydrogens is 336 g/mol. The molecule has 0 aliphatic carbocycles. The van der Waals surface area contributed by atoms with Gasteiger partial charge in [0, 0.05) is 6.54 Å². The molecule has 2 rings (SSSR count).